The average molecular weight is 612 g/mol. The number of aromatic hydroxyl groups is 1. The van der Waals surface area contributed by atoms with E-state index in [0.717, 1.165) is 49.3 Å². The van der Waals surface area contributed by atoms with E-state index >= 15 is 0 Å². The highest BCUT2D eigenvalue weighted by molar-refractivity contribution is 7.22. The third-order valence-corrected chi connectivity index (χ3v) is 9.36. The van der Waals surface area contributed by atoms with Crippen LogP contribution in [0.25, 0.3) is 10.3 Å². The van der Waals surface area contributed by atoms with Crippen molar-refractivity contribution in [1.82, 2.24) is 15.3 Å². The van der Waals surface area contributed by atoms with Gasteiger partial charge in [0.05, 0.1) is 17.1 Å². The molecule has 0 saturated carbocycles. The van der Waals surface area contributed by atoms with Crippen molar-refractivity contribution >= 4 is 73.1 Å². The number of benzene rings is 2. The number of urea groups is 1. The Labute approximate surface area is 253 Å². The van der Waals surface area contributed by atoms with Crippen molar-refractivity contribution in [3.63, 3.8) is 0 Å². The number of anilines is 4. The second kappa shape index (κ2) is 10.6. The van der Waals surface area contributed by atoms with Crippen molar-refractivity contribution < 1.29 is 9.90 Å². The Morgan fingerprint density at radius 1 is 1.10 bits per heavy atom. The normalized spacial score (nSPS) is 18.1. The highest BCUT2D eigenvalue weighted by Crippen LogP contribution is 2.60. The fourth-order valence-corrected chi connectivity index (χ4v) is 7.71. The second-order valence-corrected chi connectivity index (χ2v) is 13.7. The molecule has 1 saturated heterocycles. The number of aromatic nitrogens is 2. The topological polar surface area (TPSA) is 102 Å². The lowest BCUT2D eigenvalue weighted by molar-refractivity contribution is 0.216. The lowest BCUT2D eigenvalue weighted by atomic mass is 9.66. The van der Waals surface area contributed by atoms with E-state index in [-0.39, 0.29) is 22.6 Å². The zero-order valence-electron chi connectivity index (χ0n) is 23.1. The maximum atomic E-state index is 13.3. The van der Waals surface area contributed by atoms with Crippen LogP contribution in [0.5, 0.6) is 5.75 Å². The first-order valence-electron chi connectivity index (χ1n) is 13.7. The quantitative estimate of drug-likeness (QED) is 0.175. The van der Waals surface area contributed by atoms with Crippen molar-refractivity contribution in [3.8, 4) is 5.75 Å². The molecule has 0 aliphatic carbocycles. The molecule has 11 heteroatoms. The number of hydrogen-bond acceptors (Lipinski definition) is 7. The van der Waals surface area contributed by atoms with Gasteiger partial charge in [-0.25, -0.2) is 14.8 Å². The number of thiazole rings is 1. The smallest absolute Gasteiger partial charge is 0.325 e. The number of para-hydroxylation sites is 2. The Morgan fingerprint density at radius 3 is 2.61 bits per heavy atom. The minimum atomic E-state index is -0.429. The molecule has 2 aromatic carbocycles. The second-order valence-electron chi connectivity index (χ2n) is 11.9. The van der Waals surface area contributed by atoms with Crippen LogP contribution in [0.4, 0.5) is 27.0 Å². The lowest BCUT2D eigenvalue weighted by Gasteiger charge is -2.45. The number of phenols is 1. The number of fused-ring (bicyclic) bond motifs is 3. The van der Waals surface area contributed by atoms with Gasteiger partial charge < -0.3 is 20.6 Å². The summed E-state index contributed by atoms with van der Waals surface area (Å²) in [6.07, 6.45) is 2.65. The summed E-state index contributed by atoms with van der Waals surface area (Å²) in [5.41, 5.74) is 3.52. The summed E-state index contributed by atoms with van der Waals surface area (Å²) in [4.78, 5) is 24.9. The van der Waals surface area contributed by atoms with Gasteiger partial charge in [0.15, 0.2) is 5.13 Å². The fourth-order valence-electron chi connectivity index (χ4n) is 6.34. The van der Waals surface area contributed by atoms with Crippen molar-refractivity contribution in [2.75, 3.05) is 28.6 Å². The number of nitrogens with one attached hydrogen (secondary N) is 3. The number of amides is 2. The van der Waals surface area contributed by atoms with E-state index in [4.69, 9.17) is 23.2 Å². The van der Waals surface area contributed by atoms with Gasteiger partial charge in [-0.05, 0) is 74.2 Å². The molecule has 1 spiro atoms. The highest BCUT2D eigenvalue weighted by Gasteiger charge is 2.54. The Morgan fingerprint density at radius 2 is 1.85 bits per heavy atom. The first-order chi connectivity index (χ1) is 19.6. The molecule has 4 heterocycles. The number of phenolic OH excluding ortho intramolecular Hbond substituents is 1. The first-order valence-corrected chi connectivity index (χ1v) is 15.2. The molecule has 1 atom stereocenters. The molecule has 2 aliphatic heterocycles. The van der Waals surface area contributed by atoms with Gasteiger partial charge in [0.1, 0.15) is 21.2 Å². The molecular formula is C30H32Cl2N6O2S. The van der Waals surface area contributed by atoms with Crippen molar-refractivity contribution in [2.24, 2.45) is 5.41 Å². The molecule has 4 aromatic rings. The first kappa shape index (κ1) is 28.0. The average Bonchev–Trinajstić information content (AvgIpc) is 3.42. The van der Waals surface area contributed by atoms with Crippen LogP contribution in [0.3, 0.4) is 0 Å². The van der Waals surface area contributed by atoms with Crippen LogP contribution in [0.1, 0.15) is 45.6 Å². The molecule has 0 bridgehead atoms. The monoisotopic (exact) mass is 610 g/mol. The van der Waals surface area contributed by atoms with E-state index in [0.29, 0.717) is 31.3 Å². The summed E-state index contributed by atoms with van der Waals surface area (Å²) in [7, 11) is 0. The molecule has 0 radical (unpaired) electrons. The molecule has 8 nitrogen and oxygen atoms in total. The maximum Gasteiger partial charge on any atom is 0.325 e. The van der Waals surface area contributed by atoms with Crippen LogP contribution in [0.15, 0.2) is 48.5 Å². The summed E-state index contributed by atoms with van der Waals surface area (Å²) in [6, 6.07) is 14.2. The lowest BCUT2D eigenvalue weighted by Crippen LogP contribution is -2.50. The van der Waals surface area contributed by atoms with Crippen LogP contribution >= 0.6 is 34.5 Å². The molecule has 1 fully saturated rings. The minimum Gasteiger partial charge on any atom is -0.506 e. The van der Waals surface area contributed by atoms with Gasteiger partial charge in [-0.2, -0.15) is 0 Å². The number of rotatable bonds is 4. The van der Waals surface area contributed by atoms with Gasteiger partial charge in [0.2, 0.25) is 0 Å². The number of hydrogen-bond donors (Lipinski definition) is 4. The zero-order chi connectivity index (χ0) is 28.9. The fraction of sp³-hybridized carbons (Fsp3) is 0.367. The Balaban J connectivity index is 1.41. The summed E-state index contributed by atoms with van der Waals surface area (Å²) >= 11 is 14.2. The maximum absolute atomic E-state index is 13.3. The predicted octanol–water partition coefficient (Wildman–Crippen LogP) is 7.93. The van der Waals surface area contributed by atoms with E-state index < -0.39 is 6.03 Å². The third-order valence-electron chi connectivity index (χ3n) is 7.95. The van der Waals surface area contributed by atoms with Crippen molar-refractivity contribution in [2.45, 2.75) is 51.5 Å². The molecule has 41 heavy (non-hydrogen) atoms. The number of halogens is 2. The van der Waals surface area contributed by atoms with Gasteiger partial charge in [-0.15, -0.1) is 0 Å². The number of nitrogens with zero attached hydrogens (tertiary/aromatic N) is 3. The summed E-state index contributed by atoms with van der Waals surface area (Å²) < 4.78 is 0. The summed E-state index contributed by atoms with van der Waals surface area (Å²) in [5, 5.41) is 22.2. The van der Waals surface area contributed by atoms with Crippen LogP contribution < -0.4 is 20.9 Å². The van der Waals surface area contributed by atoms with E-state index in [2.05, 4.69) is 51.6 Å². The SMILES string of the molecule is CC(C)(C)CC1N(c2ccccc2NC(=O)Nc2nc3ccc(Cl)nc3s2)c2c(O)ccc(Cl)c2C12CCNCC2. The molecule has 214 valence electrons. The van der Waals surface area contributed by atoms with Gasteiger partial charge in [-0.1, -0.05) is 67.4 Å². The summed E-state index contributed by atoms with van der Waals surface area (Å²) in [6.45, 7) is 8.45. The van der Waals surface area contributed by atoms with E-state index in [1.807, 2.05) is 24.3 Å². The Kier molecular flexibility index (Phi) is 7.26. The third kappa shape index (κ3) is 5.20. The molecule has 2 amide bonds. The molecule has 4 N–H and O–H groups in total. The Hall–Kier alpha value is -3.11. The van der Waals surface area contributed by atoms with Crippen LogP contribution in [0, 0.1) is 5.41 Å². The standard InChI is InChI=1S/C30H32Cl2N6O2S/c1-29(2,3)16-22-30(12-14-33-15-13-30)24-17(31)8-10-21(39)25(24)38(22)20-7-5-4-6-18(20)34-27(40)37-28-35-19-9-11-23(32)36-26(19)41-28/h4-11,22,33,39H,12-16H2,1-3H3,(H2,34,35,37,40). The van der Waals surface area contributed by atoms with Gasteiger partial charge >= 0.3 is 6.03 Å². The van der Waals surface area contributed by atoms with Crippen LogP contribution in [-0.2, 0) is 5.41 Å². The molecule has 6 rings (SSSR count). The minimum absolute atomic E-state index is 0.00550. The van der Waals surface area contributed by atoms with E-state index in [1.54, 1.807) is 24.3 Å². The highest BCUT2D eigenvalue weighted by atomic mass is 35.5. The van der Waals surface area contributed by atoms with E-state index in [9.17, 15) is 9.90 Å². The van der Waals surface area contributed by atoms with Gasteiger partial charge in [0.25, 0.3) is 0 Å². The van der Waals surface area contributed by atoms with Crippen LogP contribution in [-0.4, -0.2) is 40.2 Å². The van der Waals surface area contributed by atoms with Gasteiger partial charge in [-0.3, -0.25) is 5.32 Å². The van der Waals surface area contributed by atoms with Crippen molar-refractivity contribution in [3.05, 3.63) is 64.3 Å². The molecule has 2 aliphatic rings. The van der Waals surface area contributed by atoms with Crippen LogP contribution in [0.2, 0.25) is 10.2 Å². The number of carbonyl (C=O) groups excluding carboxylic acids is 1. The zero-order valence-corrected chi connectivity index (χ0v) is 25.4. The Bertz CT molecular complexity index is 1630. The summed E-state index contributed by atoms with van der Waals surface area (Å²) in [5.74, 6) is 0.179. The largest absolute Gasteiger partial charge is 0.506 e. The van der Waals surface area contributed by atoms with E-state index in [1.165, 1.54) is 11.3 Å². The molecular weight excluding hydrogens is 579 g/mol. The van der Waals surface area contributed by atoms with Crippen molar-refractivity contribution in [1.29, 1.82) is 0 Å². The predicted molar refractivity (Wildman–Crippen MR) is 168 cm³/mol. The molecule has 2 aromatic heterocycles. The number of piperidine rings is 1. The number of pyridine rings is 1. The van der Waals surface area contributed by atoms with Gasteiger partial charge in [0, 0.05) is 22.0 Å². The molecule has 1 unspecified atom stereocenters. The number of carbonyl (C=O) groups is 1.